The van der Waals surface area contributed by atoms with Crippen LogP contribution in [-0.4, -0.2) is 58.7 Å². The number of hydrogen-bond acceptors (Lipinski definition) is 8. The molecule has 3 N–H and O–H groups in total. The Hall–Kier alpha value is -5.15. The van der Waals surface area contributed by atoms with Gasteiger partial charge in [-0.25, -0.2) is 13.6 Å². The highest BCUT2D eigenvalue weighted by Gasteiger charge is 2.33. The summed E-state index contributed by atoms with van der Waals surface area (Å²) in [7, 11) is 0. The average molecular weight is 526 g/mol. The summed E-state index contributed by atoms with van der Waals surface area (Å²) in [5, 5.41) is 28.8. The Kier molecular flexibility index (Phi) is 6.51. The first-order chi connectivity index (χ1) is 18.7. The number of carbonyl (C=O) groups is 1. The van der Waals surface area contributed by atoms with Gasteiger partial charge in [-0.15, -0.1) is 0 Å². The van der Waals surface area contributed by atoms with Crippen molar-refractivity contribution < 1.29 is 14.3 Å². The van der Waals surface area contributed by atoms with Gasteiger partial charge in [0.2, 0.25) is 0 Å². The molecule has 12 heteroatoms. The first-order valence-corrected chi connectivity index (χ1v) is 11.9. The summed E-state index contributed by atoms with van der Waals surface area (Å²) in [6.45, 7) is 2.41. The molecule has 0 saturated carbocycles. The largest absolute Gasteiger partial charge is 0.387 e. The van der Waals surface area contributed by atoms with Crippen molar-refractivity contribution in [1.29, 1.82) is 5.26 Å². The maximum Gasteiger partial charge on any atom is 0.252 e. The Bertz CT molecular complexity index is 1700. The van der Waals surface area contributed by atoms with Crippen molar-refractivity contribution in [3.63, 3.8) is 0 Å². The van der Waals surface area contributed by atoms with E-state index in [2.05, 4.69) is 26.2 Å². The molecule has 11 nitrogen and oxygen atoms in total. The number of nitrogens with two attached hydrogens (primary N) is 1. The Balaban J connectivity index is 1.80. The minimum atomic E-state index is -1.73. The molecule has 5 aromatic heterocycles. The zero-order chi connectivity index (χ0) is 27.7. The van der Waals surface area contributed by atoms with Crippen LogP contribution in [0.3, 0.4) is 0 Å². The lowest BCUT2D eigenvalue weighted by atomic mass is 10.0. The summed E-state index contributed by atoms with van der Waals surface area (Å²) in [4.78, 5) is 22.0. The number of halogens is 1. The predicted octanol–water partition coefficient (Wildman–Crippen LogP) is 3.19. The molecule has 5 heterocycles. The van der Waals surface area contributed by atoms with Gasteiger partial charge in [0.15, 0.2) is 0 Å². The summed E-state index contributed by atoms with van der Waals surface area (Å²) in [6, 6.07) is 12.5. The maximum absolute atomic E-state index is 15.5. The predicted molar refractivity (Wildman–Crippen MR) is 141 cm³/mol. The molecule has 196 valence electrons. The third kappa shape index (κ3) is 4.78. The maximum atomic E-state index is 15.5. The molecule has 0 aromatic carbocycles. The normalized spacial score (nSPS) is 12.3. The number of fused-ring (bicyclic) bond motifs is 1. The molecule has 5 rings (SSSR count). The molecule has 0 radical (unpaired) electrons. The highest BCUT2D eigenvalue weighted by atomic mass is 19.1. The number of rotatable bonds is 8. The number of nitrogens with zero attached hydrogens (tertiary/aromatic N) is 8. The van der Waals surface area contributed by atoms with Crippen LogP contribution in [0.5, 0.6) is 0 Å². The molecule has 0 aliphatic rings. The monoisotopic (exact) mass is 525 g/mol. The van der Waals surface area contributed by atoms with Crippen LogP contribution < -0.4 is 10.6 Å². The van der Waals surface area contributed by atoms with E-state index in [9.17, 15) is 15.2 Å². The molecule has 0 spiro atoms. The molecule has 0 unspecified atom stereocenters. The number of hydrogen-bond donors (Lipinski definition) is 2. The van der Waals surface area contributed by atoms with Crippen molar-refractivity contribution in [2.45, 2.75) is 25.6 Å². The van der Waals surface area contributed by atoms with E-state index in [-0.39, 0.29) is 12.1 Å². The second-order valence-corrected chi connectivity index (χ2v) is 9.40. The van der Waals surface area contributed by atoms with E-state index in [1.165, 1.54) is 32.4 Å². The van der Waals surface area contributed by atoms with E-state index in [0.717, 1.165) is 0 Å². The fourth-order valence-corrected chi connectivity index (χ4v) is 4.22. The van der Waals surface area contributed by atoms with E-state index in [1.807, 2.05) is 6.07 Å². The summed E-state index contributed by atoms with van der Waals surface area (Å²) in [5.74, 6) is -0.747. The molecule has 0 fully saturated rings. The van der Waals surface area contributed by atoms with Gasteiger partial charge in [-0.05, 0) is 50.2 Å². The van der Waals surface area contributed by atoms with E-state index >= 15 is 4.39 Å². The number of aliphatic hydroxyl groups is 1. The number of nitriles is 1. The van der Waals surface area contributed by atoms with Crippen LogP contribution in [0.25, 0.3) is 22.6 Å². The highest BCUT2D eigenvalue weighted by molar-refractivity contribution is 6.00. The zero-order valence-corrected chi connectivity index (χ0v) is 21.1. The molecule has 5 aromatic rings. The van der Waals surface area contributed by atoms with E-state index < -0.39 is 17.7 Å². The number of amides is 1. The molecule has 1 atom stereocenters. The molecule has 0 saturated heterocycles. The quantitative estimate of drug-likeness (QED) is 0.313. The van der Waals surface area contributed by atoms with Gasteiger partial charge >= 0.3 is 0 Å². The summed E-state index contributed by atoms with van der Waals surface area (Å²) in [6.07, 6.45) is 7.27. The molecule has 39 heavy (non-hydrogen) atoms. The van der Waals surface area contributed by atoms with Crippen LogP contribution >= 0.6 is 0 Å². The third-order valence-electron chi connectivity index (χ3n) is 6.28. The van der Waals surface area contributed by atoms with Gasteiger partial charge in [-0.1, -0.05) is 0 Å². The Morgan fingerprint density at radius 2 is 1.85 bits per heavy atom. The number of primary amides is 1. The van der Waals surface area contributed by atoms with Crippen molar-refractivity contribution in [1.82, 2.24) is 29.4 Å². The lowest BCUT2D eigenvalue weighted by molar-refractivity contribution is 0.00145. The first kappa shape index (κ1) is 25.5. The van der Waals surface area contributed by atoms with Gasteiger partial charge in [0.1, 0.15) is 17.9 Å². The second kappa shape index (κ2) is 9.96. The summed E-state index contributed by atoms with van der Waals surface area (Å²) < 4.78 is 18.8. The van der Waals surface area contributed by atoms with Gasteiger partial charge in [0, 0.05) is 24.8 Å². The first-order valence-electron chi connectivity index (χ1n) is 11.9. The zero-order valence-electron chi connectivity index (χ0n) is 21.1. The van der Waals surface area contributed by atoms with Crippen LogP contribution in [0.2, 0.25) is 0 Å². The smallest absolute Gasteiger partial charge is 0.252 e. The average Bonchev–Trinajstić information content (AvgIpc) is 3.55. The van der Waals surface area contributed by atoms with Gasteiger partial charge < -0.3 is 15.7 Å². The van der Waals surface area contributed by atoms with Crippen molar-refractivity contribution >= 4 is 22.8 Å². The van der Waals surface area contributed by atoms with E-state index in [0.29, 0.717) is 39.5 Å². The van der Waals surface area contributed by atoms with Gasteiger partial charge in [-0.3, -0.25) is 14.8 Å². The lowest BCUT2D eigenvalue weighted by Crippen LogP contribution is -2.41. The minimum Gasteiger partial charge on any atom is -0.387 e. The summed E-state index contributed by atoms with van der Waals surface area (Å²) >= 11 is 0. The Labute approximate surface area is 222 Å². The summed E-state index contributed by atoms with van der Waals surface area (Å²) in [5.41, 5.74) is 7.56. The SMILES string of the molecule is CC(C)(O)[C@H](F)CN(c1ccncc1C(N)=O)c1cnn(-c2ccncc2)c1-c1ccc2cc(C#N)cnn12. The molecular weight excluding hydrogens is 501 g/mol. The Morgan fingerprint density at radius 1 is 1.10 bits per heavy atom. The van der Waals surface area contributed by atoms with Crippen LogP contribution in [-0.2, 0) is 0 Å². The van der Waals surface area contributed by atoms with Crippen molar-refractivity contribution in [2.75, 3.05) is 11.4 Å². The Morgan fingerprint density at radius 3 is 2.54 bits per heavy atom. The van der Waals surface area contributed by atoms with Gasteiger partial charge in [0.25, 0.3) is 5.91 Å². The third-order valence-corrected chi connectivity index (χ3v) is 6.28. The number of carbonyl (C=O) groups excluding carboxylic acids is 1. The van der Waals surface area contributed by atoms with Gasteiger partial charge in [0.05, 0.1) is 63.9 Å². The second-order valence-electron chi connectivity index (χ2n) is 9.40. The number of anilines is 2. The number of pyridine rings is 2. The van der Waals surface area contributed by atoms with E-state index in [1.54, 1.807) is 63.0 Å². The fraction of sp³-hybridized carbons (Fsp3) is 0.185. The van der Waals surface area contributed by atoms with Crippen LogP contribution in [0.4, 0.5) is 15.8 Å². The standard InChI is InChI=1S/C27H24FN9O2/c1-27(2,39)24(28)16-35(21-7-10-32-14-20(21)26(30)38)23-15-34-37(18-5-8-31-9-6-18)25(23)22-4-3-19-11-17(12-29)13-33-36(19)22/h3-11,13-15,24,39H,16H2,1-2H3,(H2,30,38)/t24-/m1/s1. The van der Waals surface area contributed by atoms with E-state index in [4.69, 9.17) is 5.73 Å². The minimum absolute atomic E-state index is 0.0693. The molecular formula is C27H24FN9O2. The molecule has 0 bridgehead atoms. The number of alkyl halides is 1. The highest BCUT2D eigenvalue weighted by Crippen LogP contribution is 2.39. The van der Waals surface area contributed by atoms with Crippen LogP contribution in [0, 0.1) is 11.3 Å². The topological polar surface area (TPSA) is 151 Å². The van der Waals surface area contributed by atoms with Crippen LogP contribution in [0.1, 0.15) is 29.8 Å². The van der Waals surface area contributed by atoms with Crippen molar-refractivity contribution in [3.05, 3.63) is 84.7 Å². The molecule has 0 aliphatic heterocycles. The lowest BCUT2D eigenvalue weighted by Gasteiger charge is -2.31. The number of aromatic nitrogens is 6. The fourth-order valence-electron chi connectivity index (χ4n) is 4.22. The molecule has 1 amide bonds. The van der Waals surface area contributed by atoms with Crippen molar-refractivity contribution in [2.24, 2.45) is 5.73 Å². The van der Waals surface area contributed by atoms with Crippen LogP contribution in [0.15, 0.2) is 73.6 Å². The van der Waals surface area contributed by atoms with Crippen molar-refractivity contribution in [3.8, 4) is 23.1 Å². The van der Waals surface area contributed by atoms with Gasteiger partial charge in [-0.2, -0.15) is 15.5 Å². The molecule has 0 aliphatic carbocycles.